The number of thiophene rings is 1. The van der Waals surface area contributed by atoms with Gasteiger partial charge in [-0.3, -0.25) is 0 Å². The minimum absolute atomic E-state index is 0.0720. The van der Waals surface area contributed by atoms with Crippen LogP contribution in [0.5, 0.6) is 0 Å². The van der Waals surface area contributed by atoms with E-state index in [1.54, 1.807) is 11.1 Å². The zero-order valence-electron chi connectivity index (χ0n) is 35.8. The summed E-state index contributed by atoms with van der Waals surface area (Å²) in [5.41, 5.74) is 17.5. The molecule has 5 aliphatic carbocycles. The Bertz CT molecular complexity index is 3420. The van der Waals surface area contributed by atoms with Crippen LogP contribution < -0.4 is 4.90 Å². The minimum atomic E-state index is 0.0720. The van der Waals surface area contributed by atoms with Crippen LogP contribution in [0.2, 0.25) is 0 Å². The average Bonchev–Trinajstić information content (AvgIpc) is 3.87. The maximum Gasteiger partial charge on any atom is 0.0540 e. The summed E-state index contributed by atoms with van der Waals surface area (Å²) >= 11 is 1.88. The van der Waals surface area contributed by atoms with Crippen molar-refractivity contribution in [2.75, 3.05) is 4.90 Å². The van der Waals surface area contributed by atoms with Crippen LogP contribution in [0.25, 0.3) is 75.5 Å². The van der Waals surface area contributed by atoms with E-state index in [0.29, 0.717) is 11.8 Å². The first-order chi connectivity index (χ1) is 31.7. The molecule has 0 unspecified atom stereocenters. The van der Waals surface area contributed by atoms with Gasteiger partial charge in [-0.25, -0.2) is 0 Å². The Hall–Kier alpha value is -6.74. The van der Waals surface area contributed by atoms with Crippen LogP contribution in [0.3, 0.4) is 0 Å². The fraction of sp³-hybridized carbons (Fsp3) is 0.161. The van der Waals surface area contributed by atoms with Crippen LogP contribution in [0.1, 0.15) is 43.2 Å². The van der Waals surface area contributed by atoms with Gasteiger partial charge in [-0.1, -0.05) is 158 Å². The van der Waals surface area contributed by atoms with Crippen LogP contribution in [0, 0.1) is 23.7 Å². The van der Waals surface area contributed by atoms with Crippen molar-refractivity contribution in [2.45, 2.75) is 37.5 Å². The van der Waals surface area contributed by atoms with Crippen molar-refractivity contribution in [1.82, 2.24) is 0 Å². The van der Waals surface area contributed by atoms with Crippen LogP contribution in [-0.2, 0) is 5.41 Å². The molecule has 15 rings (SSSR count). The van der Waals surface area contributed by atoms with Gasteiger partial charge < -0.3 is 4.90 Å². The normalized spacial score (nSPS) is 21.5. The van der Waals surface area contributed by atoms with Gasteiger partial charge in [0.15, 0.2) is 0 Å². The topological polar surface area (TPSA) is 3.24 Å². The van der Waals surface area contributed by atoms with E-state index in [4.69, 9.17) is 0 Å². The second-order valence-corrected chi connectivity index (χ2v) is 20.3. The second kappa shape index (κ2) is 14.1. The highest BCUT2D eigenvalue weighted by Crippen LogP contribution is 2.70. The number of fused-ring (bicyclic) bond motifs is 7. The van der Waals surface area contributed by atoms with Crippen molar-refractivity contribution < 1.29 is 0 Å². The number of nitrogens with zero attached hydrogens (tertiary/aromatic N) is 1. The summed E-state index contributed by atoms with van der Waals surface area (Å²) in [7, 11) is 0. The molecule has 5 aliphatic rings. The second-order valence-electron chi connectivity index (χ2n) is 19.2. The Labute approximate surface area is 379 Å². The Balaban J connectivity index is 0.966. The van der Waals surface area contributed by atoms with E-state index in [1.807, 2.05) is 11.3 Å². The first-order valence-electron chi connectivity index (χ1n) is 23.4. The molecule has 4 fully saturated rings. The molecule has 10 aromatic rings. The van der Waals surface area contributed by atoms with E-state index in [9.17, 15) is 0 Å². The van der Waals surface area contributed by atoms with Gasteiger partial charge in [-0.05, 0) is 159 Å². The maximum atomic E-state index is 2.63. The van der Waals surface area contributed by atoms with E-state index >= 15 is 0 Å². The zero-order valence-corrected chi connectivity index (χ0v) is 36.6. The van der Waals surface area contributed by atoms with Crippen LogP contribution in [0.4, 0.5) is 17.1 Å². The molecule has 1 nitrogen and oxygen atoms in total. The molecule has 1 aromatic heterocycles. The third-order valence-corrected chi connectivity index (χ3v) is 17.2. The van der Waals surface area contributed by atoms with Crippen LogP contribution in [0.15, 0.2) is 200 Å². The number of hydrogen-bond donors (Lipinski definition) is 0. The lowest BCUT2D eigenvalue weighted by Gasteiger charge is -2.61. The molecule has 0 atom stereocenters. The summed E-state index contributed by atoms with van der Waals surface area (Å²) in [5.74, 6) is 3.19. The molecule has 1 heterocycles. The molecule has 306 valence electrons. The van der Waals surface area contributed by atoms with Gasteiger partial charge in [0, 0.05) is 42.3 Å². The first kappa shape index (κ1) is 36.7. The van der Waals surface area contributed by atoms with Crippen molar-refractivity contribution >= 4 is 59.3 Å². The van der Waals surface area contributed by atoms with E-state index in [0.717, 1.165) is 23.2 Å². The van der Waals surface area contributed by atoms with Gasteiger partial charge in [-0.2, -0.15) is 0 Å². The fourth-order valence-electron chi connectivity index (χ4n) is 13.7. The summed E-state index contributed by atoms with van der Waals surface area (Å²) in [6, 6.07) is 75.8. The van der Waals surface area contributed by atoms with E-state index in [1.165, 1.54) is 113 Å². The summed E-state index contributed by atoms with van der Waals surface area (Å²) in [5, 5.41) is 5.18. The monoisotopic (exact) mass is 837 g/mol. The quantitative estimate of drug-likeness (QED) is 0.161. The summed E-state index contributed by atoms with van der Waals surface area (Å²) in [6.07, 6.45) is 6.95. The Morgan fingerprint density at radius 1 is 0.375 bits per heavy atom. The summed E-state index contributed by atoms with van der Waals surface area (Å²) in [6.45, 7) is 0. The Morgan fingerprint density at radius 2 is 0.969 bits per heavy atom. The third kappa shape index (κ3) is 5.36. The van der Waals surface area contributed by atoms with Crippen molar-refractivity contribution in [3.63, 3.8) is 0 Å². The predicted molar refractivity (Wildman–Crippen MR) is 271 cm³/mol. The van der Waals surface area contributed by atoms with E-state index in [2.05, 4.69) is 205 Å². The predicted octanol–water partition coefficient (Wildman–Crippen LogP) is 17.4. The van der Waals surface area contributed by atoms with Gasteiger partial charge in [-0.15, -0.1) is 11.3 Å². The molecule has 4 saturated carbocycles. The van der Waals surface area contributed by atoms with Crippen LogP contribution >= 0.6 is 11.3 Å². The van der Waals surface area contributed by atoms with Gasteiger partial charge in [0.1, 0.15) is 0 Å². The van der Waals surface area contributed by atoms with Crippen molar-refractivity contribution in [3.05, 3.63) is 211 Å². The SMILES string of the molecule is c1ccc(-c2ccc(N(c3ccc4c(c3)sc3ccccc34)c3ccc(-c4cccc5c4-c4ccc(-c6ccccc6)cc4C54C5CC6CC(C5)CC4C6)c4ccccc34)cc2)cc1. The van der Waals surface area contributed by atoms with Crippen LogP contribution in [-0.4, -0.2) is 0 Å². The molecule has 0 radical (unpaired) electrons. The Kier molecular flexibility index (Phi) is 8.11. The largest absolute Gasteiger partial charge is 0.310 e. The molecule has 64 heavy (non-hydrogen) atoms. The van der Waals surface area contributed by atoms with E-state index in [-0.39, 0.29) is 5.41 Å². The lowest BCUT2D eigenvalue weighted by atomic mass is 9.43. The zero-order chi connectivity index (χ0) is 41.9. The molecule has 4 bridgehead atoms. The van der Waals surface area contributed by atoms with Crippen molar-refractivity contribution in [1.29, 1.82) is 0 Å². The molecule has 0 N–H and O–H groups in total. The number of rotatable bonds is 6. The highest BCUT2D eigenvalue weighted by atomic mass is 32.1. The number of hydrogen-bond acceptors (Lipinski definition) is 2. The minimum Gasteiger partial charge on any atom is -0.310 e. The fourth-order valence-corrected chi connectivity index (χ4v) is 14.8. The molecule has 0 saturated heterocycles. The summed E-state index contributed by atoms with van der Waals surface area (Å²) < 4.78 is 2.63. The molecule has 0 aliphatic heterocycles. The third-order valence-electron chi connectivity index (χ3n) is 16.1. The molecule has 0 amide bonds. The van der Waals surface area contributed by atoms with E-state index < -0.39 is 0 Å². The van der Waals surface area contributed by atoms with Gasteiger partial charge >= 0.3 is 0 Å². The lowest BCUT2D eigenvalue weighted by Crippen LogP contribution is -2.55. The molecule has 1 spiro atoms. The molecule has 9 aromatic carbocycles. The number of anilines is 3. The highest BCUT2D eigenvalue weighted by molar-refractivity contribution is 7.25. The van der Waals surface area contributed by atoms with Gasteiger partial charge in [0.05, 0.1) is 5.69 Å². The van der Waals surface area contributed by atoms with Gasteiger partial charge in [0.2, 0.25) is 0 Å². The van der Waals surface area contributed by atoms with Crippen molar-refractivity contribution in [2.24, 2.45) is 23.7 Å². The van der Waals surface area contributed by atoms with Gasteiger partial charge in [0.25, 0.3) is 0 Å². The number of benzene rings is 9. The lowest BCUT2D eigenvalue weighted by molar-refractivity contribution is -0.0399. The Morgan fingerprint density at radius 3 is 1.72 bits per heavy atom. The average molecular weight is 838 g/mol. The first-order valence-corrected chi connectivity index (χ1v) is 24.2. The standard InChI is InChI=1S/C62H47NS/c1-3-12-41(13-4-1)43-22-25-47(26-23-43)63(48-27-29-53-52-18-9-10-21-59(52)64-60(53)38-48)58-31-30-50(49-16-7-8-17-51(49)58)54-19-11-20-56-61(54)55-28-24-44(42-14-5-2-6-15-42)37-57(55)62(56)45-33-39-32-40(35-45)36-46(62)34-39/h1-31,37-40,45-46H,32-36H2. The summed E-state index contributed by atoms with van der Waals surface area (Å²) in [4.78, 5) is 2.49. The smallest absolute Gasteiger partial charge is 0.0540 e. The molecular weight excluding hydrogens is 791 g/mol. The maximum absolute atomic E-state index is 2.63. The highest BCUT2D eigenvalue weighted by Gasteiger charge is 2.61. The molecule has 2 heteroatoms. The molecular formula is C62H47NS. The van der Waals surface area contributed by atoms with Crippen molar-refractivity contribution in [3.8, 4) is 44.5 Å².